The Hall–Kier alpha value is -1.09. The smallest absolute Gasteiger partial charge is 0.169 e. The number of rotatable bonds is 8. The van der Waals surface area contributed by atoms with E-state index in [2.05, 4.69) is 19.2 Å². The quantitative estimate of drug-likeness (QED) is 0.712. The van der Waals surface area contributed by atoms with Crippen LogP contribution in [0.2, 0.25) is 0 Å². The molecular weight excluding hydrogens is 229 g/mol. The largest absolute Gasteiger partial charge is 0.494 e. The highest BCUT2D eigenvalue weighted by Crippen LogP contribution is 2.19. The van der Waals surface area contributed by atoms with Crippen molar-refractivity contribution in [2.24, 2.45) is 5.92 Å². The van der Waals surface area contributed by atoms with Gasteiger partial charge in [-0.05, 0) is 24.9 Å². The van der Waals surface area contributed by atoms with E-state index in [1.54, 1.807) is 12.1 Å². The first-order valence-corrected chi connectivity index (χ1v) is 6.67. The van der Waals surface area contributed by atoms with Crippen LogP contribution >= 0.6 is 0 Å². The SMILES string of the molecule is COc1cccc(CNCCCCC(C)C)c1F. The van der Waals surface area contributed by atoms with Crippen LogP contribution in [0.1, 0.15) is 38.7 Å². The molecule has 3 heteroatoms. The Morgan fingerprint density at radius 1 is 1.28 bits per heavy atom. The van der Waals surface area contributed by atoms with Gasteiger partial charge in [-0.2, -0.15) is 0 Å². The predicted octanol–water partition coefficient (Wildman–Crippen LogP) is 3.75. The Labute approximate surface area is 110 Å². The van der Waals surface area contributed by atoms with Crippen molar-refractivity contribution >= 4 is 0 Å². The molecule has 0 saturated heterocycles. The van der Waals surface area contributed by atoms with Crippen molar-refractivity contribution in [3.05, 3.63) is 29.6 Å². The minimum Gasteiger partial charge on any atom is -0.494 e. The van der Waals surface area contributed by atoms with E-state index < -0.39 is 0 Å². The molecule has 0 saturated carbocycles. The van der Waals surface area contributed by atoms with Crippen LogP contribution in [0.25, 0.3) is 0 Å². The summed E-state index contributed by atoms with van der Waals surface area (Å²) in [7, 11) is 1.49. The Morgan fingerprint density at radius 2 is 2.06 bits per heavy atom. The van der Waals surface area contributed by atoms with E-state index >= 15 is 0 Å². The third kappa shape index (κ3) is 5.05. The van der Waals surface area contributed by atoms with Crippen molar-refractivity contribution in [1.82, 2.24) is 5.32 Å². The van der Waals surface area contributed by atoms with Gasteiger partial charge in [0.05, 0.1) is 7.11 Å². The van der Waals surface area contributed by atoms with E-state index in [4.69, 9.17) is 4.74 Å². The summed E-state index contributed by atoms with van der Waals surface area (Å²) in [5, 5.41) is 3.27. The average molecular weight is 253 g/mol. The van der Waals surface area contributed by atoms with Gasteiger partial charge in [0.1, 0.15) is 0 Å². The van der Waals surface area contributed by atoms with Crippen LogP contribution in [0, 0.1) is 11.7 Å². The van der Waals surface area contributed by atoms with Gasteiger partial charge in [0.15, 0.2) is 11.6 Å². The zero-order valence-electron chi connectivity index (χ0n) is 11.6. The average Bonchev–Trinajstić information content (AvgIpc) is 2.35. The molecule has 0 radical (unpaired) electrons. The fraction of sp³-hybridized carbons (Fsp3) is 0.600. The van der Waals surface area contributed by atoms with E-state index in [0.29, 0.717) is 17.9 Å². The lowest BCUT2D eigenvalue weighted by atomic mass is 10.1. The molecule has 1 aromatic rings. The summed E-state index contributed by atoms with van der Waals surface area (Å²) in [6.45, 7) is 5.96. The second-order valence-electron chi connectivity index (χ2n) is 5.00. The van der Waals surface area contributed by atoms with Crippen molar-refractivity contribution in [3.8, 4) is 5.75 Å². The molecule has 0 atom stereocenters. The number of benzene rings is 1. The summed E-state index contributed by atoms with van der Waals surface area (Å²) >= 11 is 0. The molecule has 1 aromatic carbocycles. The molecule has 1 rings (SSSR count). The van der Waals surface area contributed by atoms with Crippen LogP contribution in [0.3, 0.4) is 0 Å². The van der Waals surface area contributed by atoms with Gasteiger partial charge >= 0.3 is 0 Å². The van der Waals surface area contributed by atoms with Gasteiger partial charge in [-0.15, -0.1) is 0 Å². The number of halogens is 1. The summed E-state index contributed by atoms with van der Waals surface area (Å²) in [6.07, 6.45) is 3.63. The molecule has 0 fully saturated rings. The van der Waals surface area contributed by atoms with E-state index in [-0.39, 0.29) is 5.82 Å². The lowest BCUT2D eigenvalue weighted by Crippen LogP contribution is -2.16. The molecule has 2 nitrogen and oxygen atoms in total. The second kappa shape index (κ2) is 8.09. The molecule has 0 spiro atoms. The number of methoxy groups -OCH3 is 1. The number of hydrogen-bond acceptors (Lipinski definition) is 2. The van der Waals surface area contributed by atoms with Gasteiger partial charge in [-0.25, -0.2) is 4.39 Å². The maximum atomic E-state index is 13.8. The monoisotopic (exact) mass is 253 g/mol. The Balaban J connectivity index is 2.27. The fourth-order valence-electron chi connectivity index (χ4n) is 1.88. The summed E-state index contributed by atoms with van der Waals surface area (Å²) in [5.74, 6) is 0.824. The highest BCUT2D eigenvalue weighted by atomic mass is 19.1. The molecule has 0 unspecified atom stereocenters. The lowest BCUT2D eigenvalue weighted by molar-refractivity contribution is 0.383. The molecule has 0 heterocycles. The van der Waals surface area contributed by atoms with Gasteiger partial charge < -0.3 is 10.1 Å². The topological polar surface area (TPSA) is 21.3 Å². The van der Waals surface area contributed by atoms with Crippen LogP contribution in [0.4, 0.5) is 4.39 Å². The van der Waals surface area contributed by atoms with Gasteiger partial charge in [0, 0.05) is 12.1 Å². The molecule has 1 N–H and O–H groups in total. The number of hydrogen-bond donors (Lipinski definition) is 1. The predicted molar refractivity (Wildman–Crippen MR) is 73.3 cm³/mol. The van der Waals surface area contributed by atoms with Gasteiger partial charge in [-0.3, -0.25) is 0 Å². The molecule has 0 aliphatic heterocycles. The van der Waals surface area contributed by atoms with Crippen molar-refractivity contribution in [2.45, 2.75) is 39.7 Å². The third-order valence-corrected chi connectivity index (χ3v) is 2.96. The first kappa shape index (κ1) is 15.0. The summed E-state index contributed by atoms with van der Waals surface area (Å²) < 4.78 is 18.7. The minimum atomic E-state index is -0.255. The number of unbranched alkanes of at least 4 members (excludes halogenated alkanes) is 1. The first-order chi connectivity index (χ1) is 8.65. The van der Waals surface area contributed by atoms with Crippen molar-refractivity contribution < 1.29 is 9.13 Å². The Kier molecular flexibility index (Phi) is 6.73. The highest BCUT2D eigenvalue weighted by Gasteiger charge is 2.07. The highest BCUT2D eigenvalue weighted by molar-refractivity contribution is 5.30. The molecule has 0 aliphatic rings. The zero-order valence-corrected chi connectivity index (χ0v) is 11.6. The summed E-state index contributed by atoms with van der Waals surface area (Å²) in [6, 6.07) is 5.25. The fourth-order valence-corrected chi connectivity index (χ4v) is 1.88. The third-order valence-electron chi connectivity index (χ3n) is 2.96. The number of ether oxygens (including phenoxy) is 1. The van der Waals surface area contributed by atoms with Gasteiger partial charge in [0.25, 0.3) is 0 Å². The van der Waals surface area contributed by atoms with Gasteiger partial charge in [-0.1, -0.05) is 38.8 Å². The second-order valence-corrected chi connectivity index (χ2v) is 5.00. The minimum absolute atomic E-state index is 0.255. The number of nitrogens with one attached hydrogen (secondary N) is 1. The first-order valence-electron chi connectivity index (χ1n) is 6.67. The molecule has 102 valence electrons. The Bertz CT molecular complexity index is 352. The van der Waals surface area contributed by atoms with E-state index in [0.717, 1.165) is 18.9 Å². The van der Waals surface area contributed by atoms with Crippen molar-refractivity contribution in [3.63, 3.8) is 0 Å². The maximum Gasteiger partial charge on any atom is 0.169 e. The molecular formula is C15H24FNO. The summed E-state index contributed by atoms with van der Waals surface area (Å²) in [4.78, 5) is 0. The standard InChI is InChI=1S/C15H24FNO/c1-12(2)7-4-5-10-17-11-13-8-6-9-14(18-3)15(13)16/h6,8-9,12,17H,4-5,7,10-11H2,1-3H3. The molecule has 18 heavy (non-hydrogen) atoms. The van der Waals surface area contributed by atoms with E-state index in [1.165, 1.54) is 20.0 Å². The molecule has 0 aromatic heterocycles. The Morgan fingerprint density at radius 3 is 2.72 bits per heavy atom. The van der Waals surface area contributed by atoms with E-state index in [1.807, 2.05) is 6.07 Å². The van der Waals surface area contributed by atoms with Crippen LogP contribution < -0.4 is 10.1 Å². The van der Waals surface area contributed by atoms with E-state index in [9.17, 15) is 4.39 Å². The zero-order chi connectivity index (χ0) is 13.4. The van der Waals surface area contributed by atoms with Crippen LogP contribution in [0.15, 0.2) is 18.2 Å². The maximum absolute atomic E-state index is 13.8. The van der Waals surface area contributed by atoms with Crippen LogP contribution in [0.5, 0.6) is 5.75 Å². The lowest BCUT2D eigenvalue weighted by Gasteiger charge is -2.09. The van der Waals surface area contributed by atoms with Crippen LogP contribution in [-0.4, -0.2) is 13.7 Å². The van der Waals surface area contributed by atoms with Gasteiger partial charge in [0.2, 0.25) is 0 Å². The molecule has 0 amide bonds. The molecule has 0 bridgehead atoms. The molecule has 0 aliphatic carbocycles. The summed E-state index contributed by atoms with van der Waals surface area (Å²) in [5.41, 5.74) is 0.665. The van der Waals surface area contributed by atoms with Crippen molar-refractivity contribution in [2.75, 3.05) is 13.7 Å². The van der Waals surface area contributed by atoms with Crippen molar-refractivity contribution in [1.29, 1.82) is 0 Å². The van der Waals surface area contributed by atoms with Crippen LogP contribution in [-0.2, 0) is 6.54 Å². The normalized spacial score (nSPS) is 10.9.